The van der Waals surface area contributed by atoms with Gasteiger partial charge in [0.05, 0.1) is 28.0 Å². The number of benzene rings is 3. The summed E-state index contributed by atoms with van der Waals surface area (Å²) in [5.41, 5.74) is 7.28. The monoisotopic (exact) mass is 428 g/mol. The molecule has 0 saturated heterocycles. The normalized spacial score (nSPS) is 11.3. The minimum absolute atomic E-state index is 0.125. The number of aryl methyl sites for hydroxylation is 1. The summed E-state index contributed by atoms with van der Waals surface area (Å²) in [4.78, 5) is 23.1. The van der Waals surface area contributed by atoms with E-state index in [1.54, 1.807) is 10.7 Å². The molecule has 0 atom stereocenters. The lowest BCUT2D eigenvalue weighted by Crippen LogP contribution is -2.19. The van der Waals surface area contributed by atoms with Crippen LogP contribution in [0.1, 0.15) is 5.69 Å². The lowest BCUT2D eigenvalue weighted by molar-refractivity contribution is 0.897. The van der Waals surface area contributed by atoms with E-state index in [2.05, 4.69) is 10.1 Å². The Balaban J connectivity index is 1.66. The number of hydrogen-bond donors (Lipinski definition) is 1. The molecule has 0 spiro atoms. The van der Waals surface area contributed by atoms with Gasteiger partial charge in [-0.15, -0.1) is 0 Å². The van der Waals surface area contributed by atoms with E-state index in [-0.39, 0.29) is 5.56 Å². The molecule has 5 nitrogen and oxygen atoms in total. The van der Waals surface area contributed by atoms with Gasteiger partial charge in [-0.1, -0.05) is 72.8 Å². The van der Waals surface area contributed by atoms with Crippen LogP contribution in [-0.4, -0.2) is 19.6 Å². The quantitative estimate of drug-likeness (QED) is 0.383. The van der Waals surface area contributed by atoms with E-state index < -0.39 is 0 Å². The van der Waals surface area contributed by atoms with Crippen LogP contribution in [0.4, 0.5) is 0 Å². The van der Waals surface area contributed by atoms with E-state index >= 15 is 0 Å². The molecule has 0 bridgehead atoms. The Morgan fingerprint density at radius 1 is 0.758 bits per heavy atom. The van der Waals surface area contributed by atoms with Crippen LogP contribution in [-0.2, 0) is 0 Å². The number of H-pyrrole nitrogens is 1. The van der Waals surface area contributed by atoms with Gasteiger partial charge in [0, 0.05) is 17.1 Å². The lowest BCUT2D eigenvalue weighted by atomic mass is 10.0. The second-order valence-electron chi connectivity index (χ2n) is 8.04. The number of rotatable bonds is 3. The van der Waals surface area contributed by atoms with Gasteiger partial charge in [0.1, 0.15) is 0 Å². The van der Waals surface area contributed by atoms with E-state index in [0.717, 1.165) is 38.9 Å². The molecule has 5 heteroatoms. The lowest BCUT2D eigenvalue weighted by Gasteiger charge is -2.08. The third-order valence-corrected chi connectivity index (χ3v) is 5.98. The van der Waals surface area contributed by atoms with Crippen LogP contribution in [0.3, 0.4) is 0 Å². The molecule has 6 aromatic rings. The molecular weight excluding hydrogens is 408 g/mol. The van der Waals surface area contributed by atoms with Gasteiger partial charge in [-0.2, -0.15) is 4.52 Å². The Kier molecular flexibility index (Phi) is 4.40. The number of aromatic nitrogens is 4. The summed E-state index contributed by atoms with van der Waals surface area (Å²) in [6.45, 7) is 1.90. The zero-order chi connectivity index (χ0) is 22.4. The Labute approximate surface area is 190 Å². The largest absolute Gasteiger partial charge is 0.288 e. The van der Waals surface area contributed by atoms with E-state index in [1.807, 2.05) is 97.9 Å². The highest BCUT2D eigenvalue weighted by molar-refractivity contribution is 5.91. The van der Waals surface area contributed by atoms with Crippen LogP contribution in [0, 0.1) is 6.92 Å². The third-order valence-electron chi connectivity index (χ3n) is 5.98. The first-order valence-electron chi connectivity index (χ1n) is 10.8. The summed E-state index contributed by atoms with van der Waals surface area (Å²) in [7, 11) is 0. The number of pyridine rings is 1. The maximum absolute atomic E-state index is 13.8. The number of nitrogens with one attached hydrogen (secondary N) is 1. The van der Waals surface area contributed by atoms with Gasteiger partial charge in [0.2, 0.25) is 0 Å². The molecule has 158 valence electrons. The van der Waals surface area contributed by atoms with Crippen molar-refractivity contribution in [3.63, 3.8) is 0 Å². The molecule has 0 amide bonds. The van der Waals surface area contributed by atoms with Crippen molar-refractivity contribution in [3.05, 3.63) is 113 Å². The van der Waals surface area contributed by atoms with Gasteiger partial charge in [-0.05, 0) is 36.2 Å². The fourth-order valence-corrected chi connectivity index (χ4v) is 4.43. The van der Waals surface area contributed by atoms with Gasteiger partial charge in [0.15, 0.2) is 5.65 Å². The van der Waals surface area contributed by atoms with Crippen molar-refractivity contribution in [1.82, 2.24) is 19.6 Å². The van der Waals surface area contributed by atoms with E-state index in [4.69, 9.17) is 4.98 Å². The van der Waals surface area contributed by atoms with Crippen molar-refractivity contribution in [2.24, 2.45) is 0 Å². The molecular formula is C28H20N4O. The molecule has 0 saturated carbocycles. The molecule has 0 aliphatic heterocycles. The van der Waals surface area contributed by atoms with Gasteiger partial charge in [0.25, 0.3) is 5.56 Å². The standard InChI is InChI=1S/C28H20N4O/c1-18-24(22-14-15-23-21(17-22)13-8-16-29-23)28(33)32-27(30-18)25(19-9-4-2-5-10-19)26(31-32)20-11-6-3-7-12-20/h2-17,31H,1H3. The van der Waals surface area contributed by atoms with Crippen molar-refractivity contribution >= 4 is 16.6 Å². The Morgan fingerprint density at radius 3 is 2.24 bits per heavy atom. The zero-order valence-corrected chi connectivity index (χ0v) is 18.0. The maximum Gasteiger partial charge on any atom is 0.280 e. The number of aromatic amines is 1. The topological polar surface area (TPSA) is 63.1 Å². The summed E-state index contributed by atoms with van der Waals surface area (Å²) in [5.74, 6) is 0. The highest BCUT2D eigenvalue weighted by Gasteiger charge is 2.21. The van der Waals surface area contributed by atoms with Crippen molar-refractivity contribution in [2.75, 3.05) is 0 Å². The van der Waals surface area contributed by atoms with E-state index in [9.17, 15) is 4.79 Å². The van der Waals surface area contributed by atoms with Crippen LogP contribution in [0.15, 0.2) is 102 Å². The Morgan fingerprint density at radius 2 is 1.48 bits per heavy atom. The molecule has 3 aromatic heterocycles. The third kappa shape index (κ3) is 3.13. The first kappa shape index (κ1) is 19.2. The number of nitrogens with zero attached hydrogens (tertiary/aromatic N) is 3. The van der Waals surface area contributed by atoms with Gasteiger partial charge >= 0.3 is 0 Å². The molecule has 0 aliphatic rings. The van der Waals surface area contributed by atoms with Gasteiger partial charge < -0.3 is 0 Å². The summed E-state index contributed by atoms with van der Waals surface area (Å²) >= 11 is 0. The first-order chi connectivity index (χ1) is 16.2. The zero-order valence-electron chi connectivity index (χ0n) is 18.0. The van der Waals surface area contributed by atoms with Gasteiger partial charge in [-0.25, -0.2) is 4.98 Å². The van der Waals surface area contributed by atoms with Crippen molar-refractivity contribution in [3.8, 4) is 33.5 Å². The second kappa shape index (κ2) is 7.57. The van der Waals surface area contributed by atoms with Crippen LogP contribution in [0.5, 0.6) is 0 Å². The smallest absolute Gasteiger partial charge is 0.280 e. The van der Waals surface area contributed by atoms with E-state index in [1.165, 1.54) is 0 Å². The summed E-state index contributed by atoms with van der Waals surface area (Å²) in [5, 5.41) is 4.34. The SMILES string of the molecule is Cc1nc2c(-c3ccccc3)c(-c3ccccc3)[nH]n2c(=O)c1-c1ccc2ncccc2c1. The van der Waals surface area contributed by atoms with Crippen molar-refractivity contribution in [2.45, 2.75) is 6.92 Å². The first-order valence-corrected chi connectivity index (χ1v) is 10.8. The average Bonchev–Trinajstić information content (AvgIpc) is 3.24. The highest BCUT2D eigenvalue weighted by Crippen LogP contribution is 2.34. The molecule has 6 rings (SSSR count). The summed E-state index contributed by atoms with van der Waals surface area (Å²) in [6.07, 6.45) is 1.77. The molecule has 0 unspecified atom stereocenters. The molecule has 3 aromatic carbocycles. The Bertz CT molecular complexity index is 1680. The average molecular weight is 428 g/mol. The molecule has 3 heterocycles. The van der Waals surface area contributed by atoms with Crippen LogP contribution in [0.2, 0.25) is 0 Å². The maximum atomic E-state index is 13.8. The minimum Gasteiger partial charge on any atom is -0.288 e. The van der Waals surface area contributed by atoms with Crippen LogP contribution >= 0.6 is 0 Å². The van der Waals surface area contributed by atoms with Gasteiger partial charge in [-0.3, -0.25) is 14.9 Å². The van der Waals surface area contributed by atoms with Crippen molar-refractivity contribution in [1.29, 1.82) is 0 Å². The summed E-state index contributed by atoms with van der Waals surface area (Å²) < 4.78 is 1.57. The molecule has 1 N–H and O–H groups in total. The van der Waals surface area contributed by atoms with Crippen molar-refractivity contribution < 1.29 is 0 Å². The number of fused-ring (bicyclic) bond motifs is 2. The Hall–Kier alpha value is -4.51. The highest BCUT2D eigenvalue weighted by atomic mass is 16.1. The van der Waals surface area contributed by atoms with E-state index in [0.29, 0.717) is 16.9 Å². The van der Waals surface area contributed by atoms with Crippen LogP contribution in [0.25, 0.3) is 50.1 Å². The minimum atomic E-state index is -0.125. The predicted molar refractivity (Wildman–Crippen MR) is 132 cm³/mol. The molecule has 33 heavy (non-hydrogen) atoms. The fraction of sp³-hybridized carbons (Fsp3) is 0.0357. The summed E-state index contributed by atoms with van der Waals surface area (Å²) in [6, 6.07) is 29.9. The molecule has 0 aliphatic carbocycles. The number of hydrogen-bond acceptors (Lipinski definition) is 3. The predicted octanol–water partition coefficient (Wildman–Crippen LogP) is 5.88. The fourth-order valence-electron chi connectivity index (χ4n) is 4.43. The van der Waals surface area contributed by atoms with Crippen LogP contribution < -0.4 is 5.56 Å². The molecule has 0 radical (unpaired) electrons. The second-order valence-corrected chi connectivity index (χ2v) is 8.04. The molecule has 0 fully saturated rings.